The first-order valence-electron chi connectivity index (χ1n) is 8.30. The smallest absolute Gasteiger partial charge is 0.261 e. The molecule has 2 aromatic rings. The zero-order chi connectivity index (χ0) is 18.4. The molecule has 1 N–H and O–H groups in total. The summed E-state index contributed by atoms with van der Waals surface area (Å²) >= 11 is 2.79. The van der Waals surface area contributed by atoms with Crippen LogP contribution in [0.25, 0.3) is 0 Å². The van der Waals surface area contributed by atoms with Crippen LogP contribution < -0.4 is 5.32 Å². The molecular weight excluding hydrogens is 374 g/mol. The maximum atomic E-state index is 12.3. The van der Waals surface area contributed by atoms with Gasteiger partial charge in [0, 0.05) is 46.3 Å². The first-order valence-corrected chi connectivity index (χ1v) is 10.2. The van der Waals surface area contributed by atoms with E-state index in [9.17, 15) is 9.59 Å². The maximum absolute atomic E-state index is 12.3. The minimum absolute atomic E-state index is 0.0240. The fourth-order valence-electron chi connectivity index (χ4n) is 2.60. The number of rotatable bonds is 7. The van der Waals surface area contributed by atoms with E-state index in [1.165, 1.54) is 23.1 Å². The minimum atomic E-state index is -0.0240. The molecule has 0 unspecified atom stereocenters. The Bertz CT molecular complexity index is 726. The summed E-state index contributed by atoms with van der Waals surface area (Å²) in [7, 11) is 1.75. The van der Waals surface area contributed by atoms with E-state index >= 15 is 0 Å². The number of thiophene rings is 1. The van der Waals surface area contributed by atoms with E-state index in [1.54, 1.807) is 11.7 Å². The summed E-state index contributed by atoms with van der Waals surface area (Å²) in [5.74, 6) is 0.415. The second-order valence-corrected chi connectivity index (χ2v) is 7.72. The van der Waals surface area contributed by atoms with Crippen molar-refractivity contribution in [1.82, 2.24) is 35.3 Å². The van der Waals surface area contributed by atoms with Gasteiger partial charge in [-0.05, 0) is 21.9 Å². The molecule has 0 aromatic carbocycles. The Labute approximate surface area is 159 Å². The predicted octanol–water partition coefficient (Wildman–Crippen LogP) is -0.0621. The highest BCUT2D eigenvalue weighted by molar-refractivity contribution is 7.99. The molecule has 3 rings (SSSR count). The highest BCUT2D eigenvalue weighted by Crippen LogP contribution is 2.14. The normalized spacial score (nSPS) is 15.2. The van der Waals surface area contributed by atoms with Gasteiger partial charge in [0.2, 0.25) is 11.1 Å². The van der Waals surface area contributed by atoms with Crippen LogP contribution in [0.15, 0.2) is 22.7 Å². The summed E-state index contributed by atoms with van der Waals surface area (Å²) in [4.78, 5) is 29.1. The number of hydrogen-bond acceptors (Lipinski definition) is 8. The van der Waals surface area contributed by atoms with Crippen LogP contribution in [0.3, 0.4) is 0 Å². The number of hydrogen-bond donors (Lipinski definition) is 1. The van der Waals surface area contributed by atoms with Crippen molar-refractivity contribution >= 4 is 34.9 Å². The van der Waals surface area contributed by atoms with Crippen molar-refractivity contribution in [3.8, 4) is 0 Å². The van der Waals surface area contributed by atoms with Crippen LogP contribution in [-0.2, 0) is 11.8 Å². The molecule has 0 aliphatic carbocycles. The molecule has 11 heteroatoms. The van der Waals surface area contributed by atoms with Crippen LogP contribution in [0.2, 0.25) is 0 Å². The molecule has 0 saturated carbocycles. The predicted molar refractivity (Wildman–Crippen MR) is 99.2 cm³/mol. The van der Waals surface area contributed by atoms with Crippen molar-refractivity contribution in [2.75, 3.05) is 45.0 Å². The van der Waals surface area contributed by atoms with Gasteiger partial charge in [-0.15, -0.1) is 16.4 Å². The number of piperazine rings is 1. The molecule has 0 spiro atoms. The number of tetrazole rings is 1. The topological polar surface area (TPSA) is 96.2 Å². The van der Waals surface area contributed by atoms with Gasteiger partial charge < -0.3 is 10.2 Å². The summed E-state index contributed by atoms with van der Waals surface area (Å²) in [6, 6.07) is 3.69. The molecule has 0 bridgehead atoms. The van der Waals surface area contributed by atoms with Crippen LogP contribution in [-0.4, -0.2) is 86.8 Å². The number of thioether (sulfide) groups is 1. The lowest BCUT2D eigenvalue weighted by molar-refractivity contribution is -0.130. The van der Waals surface area contributed by atoms with Crippen LogP contribution in [0.1, 0.15) is 9.67 Å². The Balaban J connectivity index is 1.33. The van der Waals surface area contributed by atoms with E-state index in [4.69, 9.17) is 0 Å². The Kier molecular flexibility index (Phi) is 6.58. The first kappa shape index (κ1) is 18.8. The molecule has 1 aliphatic rings. The van der Waals surface area contributed by atoms with E-state index in [1.807, 2.05) is 22.4 Å². The number of aromatic nitrogens is 4. The molecule has 140 valence electrons. The molecule has 26 heavy (non-hydrogen) atoms. The molecule has 3 heterocycles. The molecule has 2 aromatic heterocycles. The lowest BCUT2D eigenvalue weighted by Gasteiger charge is -2.34. The van der Waals surface area contributed by atoms with Gasteiger partial charge >= 0.3 is 0 Å². The summed E-state index contributed by atoms with van der Waals surface area (Å²) in [6.07, 6.45) is 0. The van der Waals surface area contributed by atoms with Gasteiger partial charge in [-0.2, -0.15) is 0 Å². The van der Waals surface area contributed by atoms with Crippen molar-refractivity contribution in [3.63, 3.8) is 0 Å². The number of carbonyl (C=O) groups excluding carboxylic acids is 2. The molecule has 0 radical (unpaired) electrons. The number of nitrogens with zero attached hydrogens (tertiary/aromatic N) is 6. The van der Waals surface area contributed by atoms with Crippen molar-refractivity contribution in [1.29, 1.82) is 0 Å². The van der Waals surface area contributed by atoms with Gasteiger partial charge in [0.05, 0.1) is 10.6 Å². The third-order valence-electron chi connectivity index (χ3n) is 4.09. The lowest BCUT2D eigenvalue weighted by Crippen LogP contribution is -2.50. The Morgan fingerprint density at radius 1 is 1.31 bits per heavy atom. The number of aryl methyl sites for hydroxylation is 1. The molecular formula is C15H21N7O2S2. The Morgan fingerprint density at radius 2 is 2.12 bits per heavy atom. The average molecular weight is 396 g/mol. The van der Waals surface area contributed by atoms with E-state index in [-0.39, 0.29) is 11.8 Å². The fourth-order valence-corrected chi connectivity index (χ4v) is 4.00. The van der Waals surface area contributed by atoms with E-state index in [2.05, 4.69) is 25.7 Å². The average Bonchev–Trinajstić information content (AvgIpc) is 3.32. The first-order chi connectivity index (χ1) is 12.6. The quantitative estimate of drug-likeness (QED) is 0.656. The fraction of sp³-hybridized carbons (Fsp3) is 0.533. The molecule has 1 saturated heterocycles. The highest BCUT2D eigenvalue weighted by Gasteiger charge is 2.21. The molecule has 9 nitrogen and oxygen atoms in total. The second kappa shape index (κ2) is 9.10. The number of nitrogens with one attached hydrogen (secondary N) is 1. The van der Waals surface area contributed by atoms with E-state index in [0.29, 0.717) is 30.5 Å². The second-order valence-electron chi connectivity index (χ2n) is 5.83. The van der Waals surface area contributed by atoms with Gasteiger partial charge in [-0.3, -0.25) is 14.5 Å². The molecule has 1 fully saturated rings. The van der Waals surface area contributed by atoms with Crippen LogP contribution in [0.5, 0.6) is 0 Å². The maximum Gasteiger partial charge on any atom is 0.261 e. The number of amides is 2. The molecule has 0 atom stereocenters. The van der Waals surface area contributed by atoms with Crippen LogP contribution in [0.4, 0.5) is 0 Å². The van der Waals surface area contributed by atoms with E-state index in [0.717, 1.165) is 24.5 Å². The number of carbonyl (C=O) groups is 2. The Morgan fingerprint density at radius 3 is 2.77 bits per heavy atom. The minimum Gasteiger partial charge on any atom is -0.350 e. The van der Waals surface area contributed by atoms with Crippen LogP contribution in [0, 0.1) is 0 Å². The van der Waals surface area contributed by atoms with Gasteiger partial charge in [-0.1, -0.05) is 17.8 Å². The highest BCUT2D eigenvalue weighted by atomic mass is 32.2. The molecule has 2 amide bonds. The molecule has 1 aliphatic heterocycles. The standard InChI is InChI=1S/C15H21N7O2S2/c1-20-15(17-18-19-20)26-11-13(23)22-8-6-21(7-9-22)5-4-16-14(24)12-3-2-10-25-12/h2-3,10H,4-9,11H2,1H3,(H,16,24). The lowest BCUT2D eigenvalue weighted by atomic mass is 10.3. The Hall–Kier alpha value is -1.98. The van der Waals surface area contributed by atoms with Crippen molar-refractivity contribution in [2.24, 2.45) is 7.05 Å². The summed E-state index contributed by atoms with van der Waals surface area (Å²) in [5, 5.41) is 16.6. The summed E-state index contributed by atoms with van der Waals surface area (Å²) in [6.45, 7) is 4.44. The zero-order valence-corrected chi connectivity index (χ0v) is 16.1. The van der Waals surface area contributed by atoms with Crippen molar-refractivity contribution in [3.05, 3.63) is 22.4 Å². The van der Waals surface area contributed by atoms with Crippen molar-refractivity contribution < 1.29 is 9.59 Å². The zero-order valence-electron chi connectivity index (χ0n) is 14.5. The third kappa shape index (κ3) is 5.02. The van der Waals surface area contributed by atoms with Crippen molar-refractivity contribution in [2.45, 2.75) is 5.16 Å². The monoisotopic (exact) mass is 395 g/mol. The largest absolute Gasteiger partial charge is 0.350 e. The SMILES string of the molecule is Cn1nnnc1SCC(=O)N1CCN(CCNC(=O)c2cccs2)CC1. The third-order valence-corrected chi connectivity index (χ3v) is 5.95. The van der Waals surface area contributed by atoms with Gasteiger partial charge in [0.1, 0.15) is 0 Å². The summed E-state index contributed by atoms with van der Waals surface area (Å²) in [5.41, 5.74) is 0. The van der Waals surface area contributed by atoms with Gasteiger partial charge in [0.15, 0.2) is 0 Å². The van der Waals surface area contributed by atoms with E-state index < -0.39 is 0 Å². The summed E-state index contributed by atoms with van der Waals surface area (Å²) < 4.78 is 1.56. The van der Waals surface area contributed by atoms with Gasteiger partial charge in [0.25, 0.3) is 5.91 Å². The van der Waals surface area contributed by atoms with Gasteiger partial charge in [-0.25, -0.2) is 4.68 Å². The van der Waals surface area contributed by atoms with Crippen LogP contribution >= 0.6 is 23.1 Å².